The van der Waals surface area contributed by atoms with Gasteiger partial charge in [0.1, 0.15) is 6.33 Å². The molecule has 3 N–H and O–H groups in total. The van der Waals surface area contributed by atoms with Gasteiger partial charge in [0.05, 0.1) is 17.6 Å². The van der Waals surface area contributed by atoms with Crippen LogP contribution in [0.3, 0.4) is 0 Å². The molecule has 0 aliphatic rings. The predicted octanol–water partition coefficient (Wildman–Crippen LogP) is 3.53. The van der Waals surface area contributed by atoms with Crippen molar-refractivity contribution >= 4 is 44.7 Å². The largest absolute Gasteiger partial charge is 0.394 e. The lowest BCUT2D eigenvalue weighted by molar-refractivity contribution is 1.17. The van der Waals surface area contributed by atoms with E-state index in [1.54, 1.807) is 6.20 Å². The van der Waals surface area contributed by atoms with Crippen LogP contribution in [0.15, 0.2) is 29.1 Å². The minimum Gasteiger partial charge on any atom is -0.394 e. The summed E-state index contributed by atoms with van der Waals surface area (Å²) in [4.78, 5) is 7.88. The van der Waals surface area contributed by atoms with E-state index in [0.29, 0.717) is 16.5 Å². The smallest absolute Gasteiger partial charge is 0.157 e. The summed E-state index contributed by atoms with van der Waals surface area (Å²) in [6, 6.07) is 3.75. The van der Waals surface area contributed by atoms with Gasteiger partial charge in [0, 0.05) is 9.50 Å². The topological polar surface area (TPSA) is 63.8 Å². The van der Waals surface area contributed by atoms with Gasteiger partial charge in [-0.05, 0) is 40.5 Å². The lowest BCUT2D eigenvalue weighted by Gasteiger charge is -2.11. The molecule has 1 heterocycles. The van der Waals surface area contributed by atoms with Gasteiger partial charge in [-0.2, -0.15) is 0 Å². The number of rotatable bonds is 2. The maximum absolute atomic E-state index is 6.07. The van der Waals surface area contributed by atoms with Gasteiger partial charge in [-0.1, -0.05) is 11.6 Å². The number of nitrogens with zero attached hydrogens (tertiary/aromatic N) is 2. The zero-order chi connectivity index (χ0) is 12.4. The van der Waals surface area contributed by atoms with Crippen molar-refractivity contribution in [3.63, 3.8) is 0 Å². The van der Waals surface area contributed by atoms with E-state index in [1.807, 2.05) is 19.1 Å². The third-order valence-corrected chi connectivity index (χ3v) is 3.31. The van der Waals surface area contributed by atoms with E-state index in [4.69, 9.17) is 17.3 Å². The Balaban J connectivity index is 2.37. The van der Waals surface area contributed by atoms with Crippen molar-refractivity contribution in [2.75, 3.05) is 11.1 Å². The summed E-state index contributed by atoms with van der Waals surface area (Å²) in [7, 11) is 0. The zero-order valence-electron chi connectivity index (χ0n) is 9.04. The molecule has 0 aliphatic carbocycles. The van der Waals surface area contributed by atoms with Crippen molar-refractivity contribution in [2.24, 2.45) is 0 Å². The summed E-state index contributed by atoms with van der Waals surface area (Å²) in [6.45, 7) is 1.94. The van der Waals surface area contributed by atoms with Gasteiger partial charge in [0.25, 0.3) is 0 Å². The molecule has 0 spiro atoms. The van der Waals surface area contributed by atoms with E-state index in [9.17, 15) is 0 Å². The molecule has 2 rings (SSSR count). The molecule has 0 unspecified atom stereocenters. The average molecular weight is 314 g/mol. The molecule has 0 fully saturated rings. The van der Waals surface area contributed by atoms with Crippen molar-refractivity contribution in [3.8, 4) is 0 Å². The van der Waals surface area contributed by atoms with E-state index in [2.05, 4.69) is 31.2 Å². The summed E-state index contributed by atoms with van der Waals surface area (Å²) >= 11 is 9.52. The van der Waals surface area contributed by atoms with Crippen LogP contribution in [0.2, 0.25) is 5.02 Å². The Hall–Kier alpha value is -1.33. The number of aromatic nitrogens is 2. The first-order valence-electron chi connectivity index (χ1n) is 4.86. The number of aryl methyl sites for hydroxylation is 1. The van der Waals surface area contributed by atoms with Crippen molar-refractivity contribution in [1.29, 1.82) is 0 Å². The number of nitrogens with two attached hydrogens (primary N) is 1. The Morgan fingerprint density at radius 3 is 2.88 bits per heavy atom. The summed E-state index contributed by atoms with van der Waals surface area (Å²) < 4.78 is 0.900. The molecule has 88 valence electrons. The fraction of sp³-hybridized carbons (Fsp3) is 0.0909. The van der Waals surface area contributed by atoms with Gasteiger partial charge in [-0.3, -0.25) is 0 Å². The van der Waals surface area contributed by atoms with Crippen molar-refractivity contribution in [1.82, 2.24) is 9.97 Å². The second-order valence-corrected chi connectivity index (χ2v) is 4.79. The van der Waals surface area contributed by atoms with Crippen LogP contribution in [0.4, 0.5) is 17.2 Å². The highest BCUT2D eigenvalue weighted by molar-refractivity contribution is 9.10. The monoisotopic (exact) mass is 312 g/mol. The van der Waals surface area contributed by atoms with E-state index in [0.717, 1.165) is 15.7 Å². The summed E-state index contributed by atoms with van der Waals surface area (Å²) in [5.74, 6) is 0.556. The fourth-order valence-electron chi connectivity index (χ4n) is 1.31. The first-order valence-corrected chi connectivity index (χ1v) is 6.03. The number of hydrogen-bond acceptors (Lipinski definition) is 4. The summed E-state index contributed by atoms with van der Waals surface area (Å²) in [6.07, 6.45) is 2.97. The quantitative estimate of drug-likeness (QED) is 0.890. The molecule has 6 heteroatoms. The normalized spacial score (nSPS) is 10.3. The van der Waals surface area contributed by atoms with E-state index in [1.165, 1.54) is 6.33 Å². The molecule has 0 bridgehead atoms. The minimum atomic E-state index is 0.482. The van der Waals surface area contributed by atoms with Crippen LogP contribution in [0, 0.1) is 6.92 Å². The van der Waals surface area contributed by atoms with Crippen LogP contribution < -0.4 is 11.1 Å². The Morgan fingerprint density at radius 2 is 2.18 bits per heavy atom. The van der Waals surface area contributed by atoms with Gasteiger partial charge < -0.3 is 11.1 Å². The van der Waals surface area contributed by atoms with Gasteiger partial charge >= 0.3 is 0 Å². The van der Waals surface area contributed by atoms with Crippen molar-refractivity contribution in [2.45, 2.75) is 6.92 Å². The van der Waals surface area contributed by atoms with Crippen LogP contribution in [0.5, 0.6) is 0 Å². The Bertz CT molecular complexity index is 559. The van der Waals surface area contributed by atoms with Gasteiger partial charge in [-0.15, -0.1) is 0 Å². The zero-order valence-corrected chi connectivity index (χ0v) is 11.4. The van der Waals surface area contributed by atoms with E-state index < -0.39 is 0 Å². The van der Waals surface area contributed by atoms with Crippen molar-refractivity contribution < 1.29 is 0 Å². The average Bonchev–Trinajstić information content (AvgIpc) is 2.29. The Morgan fingerprint density at radius 1 is 1.41 bits per heavy atom. The molecular weight excluding hydrogens is 304 g/mol. The molecule has 0 atom stereocenters. The van der Waals surface area contributed by atoms with Crippen LogP contribution in [-0.4, -0.2) is 9.97 Å². The number of hydrogen-bond donors (Lipinski definition) is 2. The second-order valence-electron chi connectivity index (χ2n) is 3.53. The summed E-state index contributed by atoms with van der Waals surface area (Å²) in [5.41, 5.74) is 8.04. The van der Waals surface area contributed by atoms with Crippen LogP contribution >= 0.6 is 27.5 Å². The lowest BCUT2D eigenvalue weighted by atomic mass is 10.2. The third kappa shape index (κ3) is 2.68. The molecule has 4 nitrogen and oxygen atoms in total. The SMILES string of the molecule is Cc1cc(Br)c(Nc2ncncc2N)cc1Cl. The van der Waals surface area contributed by atoms with Crippen molar-refractivity contribution in [3.05, 3.63) is 39.7 Å². The molecule has 0 radical (unpaired) electrons. The highest BCUT2D eigenvalue weighted by atomic mass is 79.9. The second kappa shape index (κ2) is 4.89. The molecule has 0 saturated heterocycles. The number of halogens is 2. The molecular formula is C11H10BrClN4. The minimum absolute atomic E-state index is 0.482. The standard InChI is InChI=1S/C11H10BrClN4/c1-6-2-7(12)10(3-8(6)13)17-11-9(14)4-15-5-16-11/h2-5H,14H2,1H3,(H,15,16,17). The van der Waals surface area contributed by atoms with Gasteiger partial charge in [0.2, 0.25) is 0 Å². The predicted molar refractivity (Wildman–Crippen MR) is 73.6 cm³/mol. The highest BCUT2D eigenvalue weighted by Gasteiger charge is 2.07. The van der Waals surface area contributed by atoms with Crippen LogP contribution in [0.1, 0.15) is 5.56 Å². The maximum Gasteiger partial charge on any atom is 0.157 e. The summed E-state index contributed by atoms with van der Waals surface area (Å²) in [5, 5.41) is 3.78. The molecule has 0 amide bonds. The first-order chi connectivity index (χ1) is 8.08. The number of nitrogens with one attached hydrogen (secondary N) is 1. The van der Waals surface area contributed by atoms with E-state index in [-0.39, 0.29) is 0 Å². The molecule has 17 heavy (non-hydrogen) atoms. The molecule has 0 saturated carbocycles. The number of benzene rings is 1. The fourth-order valence-corrected chi connectivity index (χ4v) is 2.04. The number of nitrogen functional groups attached to an aromatic ring is 1. The maximum atomic E-state index is 6.07. The van der Waals surface area contributed by atoms with Gasteiger partial charge in [0.15, 0.2) is 5.82 Å². The molecule has 2 aromatic rings. The highest BCUT2D eigenvalue weighted by Crippen LogP contribution is 2.31. The van der Waals surface area contributed by atoms with Crippen LogP contribution in [0.25, 0.3) is 0 Å². The van der Waals surface area contributed by atoms with E-state index >= 15 is 0 Å². The molecule has 1 aromatic heterocycles. The lowest BCUT2D eigenvalue weighted by Crippen LogP contribution is -2.00. The Labute approximate surface area is 112 Å². The first kappa shape index (κ1) is 12.1. The Kier molecular flexibility index (Phi) is 3.49. The van der Waals surface area contributed by atoms with Crippen LogP contribution in [-0.2, 0) is 0 Å². The van der Waals surface area contributed by atoms with Gasteiger partial charge in [-0.25, -0.2) is 9.97 Å². The molecule has 0 aliphatic heterocycles. The third-order valence-electron chi connectivity index (χ3n) is 2.24. The number of anilines is 3. The molecule has 1 aromatic carbocycles.